The standard InChI is InChI=1S/C18H17ClN4O3/c1-25-15-7-2-4-12(10-15)17-23-22-16(26-17)8-9-20-18(24)21-14-6-3-5-13(19)11-14/h2-7,10-11H,8-9H2,1H3,(H2,20,21,24). The lowest BCUT2D eigenvalue weighted by Crippen LogP contribution is -2.30. The Morgan fingerprint density at radius 3 is 2.85 bits per heavy atom. The highest BCUT2D eigenvalue weighted by molar-refractivity contribution is 6.30. The van der Waals surface area contributed by atoms with Gasteiger partial charge in [-0.05, 0) is 36.4 Å². The molecule has 2 N–H and O–H groups in total. The Morgan fingerprint density at radius 1 is 1.19 bits per heavy atom. The summed E-state index contributed by atoms with van der Waals surface area (Å²) in [5.41, 5.74) is 1.39. The summed E-state index contributed by atoms with van der Waals surface area (Å²) in [6.07, 6.45) is 0.417. The van der Waals surface area contributed by atoms with E-state index in [1.165, 1.54) is 0 Å². The molecule has 0 unspecified atom stereocenters. The van der Waals surface area contributed by atoms with Gasteiger partial charge < -0.3 is 19.8 Å². The highest BCUT2D eigenvalue weighted by atomic mass is 35.5. The molecule has 0 bridgehead atoms. The Balaban J connectivity index is 1.51. The molecular weight excluding hydrogens is 356 g/mol. The number of hydrogen-bond acceptors (Lipinski definition) is 5. The lowest BCUT2D eigenvalue weighted by molar-refractivity contribution is 0.252. The minimum Gasteiger partial charge on any atom is -0.497 e. The first kappa shape index (κ1) is 17.8. The lowest BCUT2D eigenvalue weighted by atomic mass is 10.2. The van der Waals surface area contributed by atoms with Crippen LogP contribution >= 0.6 is 11.6 Å². The van der Waals surface area contributed by atoms with Crippen LogP contribution in [0.15, 0.2) is 52.9 Å². The van der Waals surface area contributed by atoms with Crippen LogP contribution in [-0.2, 0) is 6.42 Å². The van der Waals surface area contributed by atoms with Crippen molar-refractivity contribution in [3.05, 3.63) is 59.4 Å². The van der Waals surface area contributed by atoms with Crippen molar-refractivity contribution in [1.29, 1.82) is 0 Å². The molecule has 134 valence electrons. The molecule has 0 spiro atoms. The molecule has 3 aromatic rings. The Kier molecular flexibility index (Phi) is 5.70. The molecule has 2 aromatic carbocycles. The molecule has 1 aromatic heterocycles. The smallest absolute Gasteiger partial charge is 0.319 e. The van der Waals surface area contributed by atoms with Crippen LogP contribution in [0.5, 0.6) is 5.75 Å². The molecule has 0 aliphatic carbocycles. The molecule has 3 rings (SSSR count). The minimum absolute atomic E-state index is 0.334. The third-order valence-electron chi connectivity index (χ3n) is 3.49. The third kappa shape index (κ3) is 4.73. The van der Waals surface area contributed by atoms with Crippen molar-refractivity contribution in [3.8, 4) is 17.2 Å². The number of rotatable bonds is 6. The summed E-state index contributed by atoms with van der Waals surface area (Å²) in [5.74, 6) is 1.55. The van der Waals surface area contributed by atoms with E-state index in [1.54, 1.807) is 31.4 Å². The first-order valence-corrected chi connectivity index (χ1v) is 8.29. The molecule has 1 heterocycles. The average molecular weight is 373 g/mol. The number of halogens is 1. The van der Waals surface area contributed by atoms with E-state index in [9.17, 15) is 4.79 Å². The molecule has 8 heteroatoms. The Labute approximate surface area is 155 Å². The number of carbonyl (C=O) groups excluding carboxylic acids is 1. The molecule has 0 saturated heterocycles. The van der Waals surface area contributed by atoms with Gasteiger partial charge in [-0.3, -0.25) is 0 Å². The number of hydrogen-bond donors (Lipinski definition) is 2. The third-order valence-corrected chi connectivity index (χ3v) is 3.73. The molecule has 0 atom stereocenters. The van der Waals surface area contributed by atoms with Crippen molar-refractivity contribution in [2.24, 2.45) is 0 Å². The van der Waals surface area contributed by atoms with Gasteiger partial charge in [0.2, 0.25) is 11.8 Å². The topological polar surface area (TPSA) is 89.3 Å². The fourth-order valence-electron chi connectivity index (χ4n) is 2.25. The zero-order valence-corrected chi connectivity index (χ0v) is 14.8. The number of amides is 2. The number of anilines is 1. The first-order chi connectivity index (χ1) is 12.6. The fraction of sp³-hybridized carbons (Fsp3) is 0.167. The quantitative estimate of drug-likeness (QED) is 0.687. The van der Waals surface area contributed by atoms with Crippen LogP contribution in [0.3, 0.4) is 0 Å². The largest absolute Gasteiger partial charge is 0.497 e. The Bertz CT molecular complexity index is 897. The number of ether oxygens (including phenoxy) is 1. The van der Waals surface area contributed by atoms with Crippen molar-refractivity contribution >= 4 is 23.3 Å². The van der Waals surface area contributed by atoms with E-state index >= 15 is 0 Å². The predicted molar refractivity (Wildman–Crippen MR) is 98.5 cm³/mol. The second-order valence-corrected chi connectivity index (χ2v) is 5.81. The summed E-state index contributed by atoms with van der Waals surface area (Å²) in [6.45, 7) is 0.353. The number of methoxy groups -OCH3 is 1. The number of nitrogens with zero attached hydrogens (tertiary/aromatic N) is 2. The highest BCUT2D eigenvalue weighted by Crippen LogP contribution is 2.22. The number of urea groups is 1. The van der Waals surface area contributed by atoms with Crippen LogP contribution in [0.25, 0.3) is 11.5 Å². The average Bonchev–Trinajstić information content (AvgIpc) is 3.11. The minimum atomic E-state index is -0.334. The lowest BCUT2D eigenvalue weighted by Gasteiger charge is -2.06. The van der Waals surface area contributed by atoms with E-state index in [0.29, 0.717) is 41.2 Å². The van der Waals surface area contributed by atoms with Crippen molar-refractivity contribution in [2.45, 2.75) is 6.42 Å². The van der Waals surface area contributed by atoms with Crippen molar-refractivity contribution in [2.75, 3.05) is 19.0 Å². The summed E-state index contributed by atoms with van der Waals surface area (Å²) in [5, 5.41) is 14.0. The molecule has 0 saturated carbocycles. The second kappa shape index (κ2) is 8.35. The summed E-state index contributed by atoms with van der Waals surface area (Å²) < 4.78 is 10.8. The van der Waals surface area contributed by atoms with E-state index in [2.05, 4.69) is 20.8 Å². The van der Waals surface area contributed by atoms with Gasteiger partial charge in [0.1, 0.15) is 5.75 Å². The molecule has 7 nitrogen and oxygen atoms in total. The monoisotopic (exact) mass is 372 g/mol. The molecule has 0 aliphatic heterocycles. The SMILES string of the molecule is COc1cccc(-c2nnc(CCNC(=O)Nc3cccc(Cl)c3)o2)c1. The molecule has 0 radical (unpaired) electrons. The fourth-order valence-corrected chi connectivity index (χ4v) is 2.44. The van der Waals surface area contributed by atoms with Gasteiger partial charge in [-0.15, -0.1) is 10.2 Å². The summed E-state index contributed by atoms with van der Waals surface area (Å²) in [6, 6.07) is 13.9. The van der Waals surface area contributed by atoms with Crippen molar-refractivity contribution in [3.63, 3.8) is 0 Å². The van der Waals surface area contributed by atoms with Gasteiger partial charge >= 0.3 is 6.03 Å². The maximum Gasteiger partial charge on any atom is 0.319 e. The number of benzene rings is 2. The van der Waals surface area contributed by atoms with E-state index in [4.69, 9.17) is 20.8 Å². The van der Waals surface area contributed by atoms with Gasteiger partial charge in [-0.25, -0.2) is 4.79 Å². The van der Waals surface area contributed by atoms with Gasteiger partial charge in [0.05, 0.1) is 7.11 Å². The zero-order valence-electron chi connectivity index (χ0n) is 14.0. The maximum atomic E-state index is 11.9. The molecule has 2 amide bonds. The van der Waals surface area contributed by atoms with Gasteiger partial charge in [-0.1, -0.05) is 23.7 Å². The summed E-state index contributed by atoms with van der Waals surface area (Å²) in [7, 11) is 1.60. The van der Waals surface area contributed by atoms with Crippen LogP contribution in [0, 0.1) is 0 Å². The molecule has 0 aliphatic rings. The van der Waals surface area contributed by atoms with Crippen molar-refractivity contribution < 1.29 is 13.9 Å². The molecular formula is C18H17ClN4O3. The van der Waals surface area contributed by atoms with E-state index in [-0.39, 0.29) is 6.03 Å². The van der Waals surface area contributed by atoms with Crippen molar-refractivity contribution in [1.82, 2.24) is 15.5 Å². The second-order valence-electron chi connectivity index (χ2n) is 5.37. The highest BCUT2D eigenvalue weighted by Gasteiger charge is 2.10. The predicted octanol–water partition coefficient (Wildman–Crippen LogP) is 3.76. The van der Waals surface area contributed by atoms with Gasteiger partial charge in [-0.2, -0.15) is 0 Å². The molecule has 26 heavy (non-hydrogen) atoms. The number of aromatic nitrogens is 2. The van der Waals surface area contributed by atoms with Gasteiger partial charge in [0.15, 0.2) is 0 Å². The van der Waals surface area contributed by atoms with Crippen LogP contribution in [0.4, 0.5) is 10.5 Å². The van der Waals surface area contributed by atoms with E-state index in [1.807, 2.05) is 24.3 Å². The Hall–Kier alpha value is -3.06. The van der Waals surface area contributed by atoms with E-state index in [0.717, 1.165) is 5.56 Å². The molecule has 0 fully saturated rings. The van der Waals surface area contributed by atoms with Crippen LogP contribution in [-0.4, -0.2) is 29.9 Å². The zero-order chi connectivity index (χ0) is 18.4. The van der Waals surface area contributed by atoms with Gasteiger partial charge in [0, 0.05) is 29.2 Å². The van der Waals surface area contributed by atoms with Gasteiger partial charge in [0.25, 0.3) is 0 Å². The summed E-state index contributed by atoms with van der Waals surface area (Å²) >= 11 is 5.88. The Morgan fingerprint density at radius 2 is 2.04 bits per heavy atom. The number of carbonyl (C=O) groups is 1. The maximum absolute atomic E-state index is 11.9. The van der Waals surface area contributed by atoms with Crippen LogP contribution in [0.2, 0.25) is 5.02 Å². The normalized spacial score (nSPS) is 10.4. The number of nitrogens with one attached hydrogen (secondary N) is 2. The van der Waals surface area contributed by atoms with E-state index < -0.39 is 0 Å². The van der Waals surface area contributed by atoms with Crippen LogP contribution in [0.1, 0.15) is 5.89 Å². The first-order valence-electron chi connectivity index (χ1n) is 7.91. The van der Waals surface area contributed by atoms with Crippen LogP contribution < -0.4 is 15.4 Å². The summed E-state index contributed by atoms with van der Waals surface area (Å²) in [4.78, 5) is 11.9.